The highest BCUT2D eigenvalue weighted by Crippen LogP contribution is 2.48. The Bertz CT molecular complexity index is 806. The Balaban J connectivity index is 1.58. The summed E-state index contributed by atoms with van der Waals surface area (Å²) in [7, 11) is 3.20. The number of aliphatic hydroxyl groups is 1. The molecule has 1 aromatic heterocycles. The van der Waals surface area contributed by atoms with E-state index in [1.165, 1.54) is 11.8 Å². The predicted molar refractivity (Wildman–Crippen MR) is 94.6 cm³/mol. The fourth-order valence-electron chi connectivity index (χ4n) is 4.55. The number of aryl methyl sites for hydroxylation is 1. The number of ether oxygens (including phenoxy) is 1. The van der Waals surface area contributed by atoms with Crippen molar-refractivity contribution < 1.29 is 14.6 Å². The van der Waals surface area contributed by atoms with Crippen LogP contribution in [0.4, 0.5) is 0 Å². The monoisotopic (exact) mass is 356 g/mol. The molecule has 1 saturated carbocycles. The molecule has 0 radical (unpaired) electrons. The maximum absolute atomic E-state index is 12.9. The molecule has 2 aromatic rings. The first kappa shape index (κ1) is 17.0. The summed E-state index contributed by atoms with van der Waals surface area (Å²) in [6.07, 6.45) is 2.72. The normalized spacial score (nSPS) is 28.0. The van der Waals surface area contributed by atoms with Crippen LogP contribution in [0, 0.1) is 11.8 Å². The van der Waals surface area contributed by atoms with E-state index in [0.717, 1.165) is 24.8 Å². The molecule has 0 spiro atoms. The van der Waals surface area contributed by atoms with E-state index in [9.17, 15) is 9.90 Å². The number of carbonyl (C=O) groups excluding carboxylic acids is 1. The molecule has 1 aromatic carbocycles. The van der Waals surface area contributed by atoms with E-state index in [1.54, 1.807) is 11.9 Å². The van der Waals surface area contributed by atoms with E-state index in [2.05, 4.69) is 10.1 Å². The Morgan fingerprint density at radius 2 is 2.08 bits per heavy atom. The Morgan fingerprint density at radius 1 is 1.31 bits per heavy atom. The van der Waals surface area contributed by atoms with Gasteiger partial charge in [0, 0.05) is 26.1 Å². The first-order valence-corrected chi connectivity index (χ1v) is 9.05. The van der Waals surface area contributed by atoms with Gasteiger partial charge in [0.2, 0.25) is 5.82 Å². The number of likely N-dealkylation sites (tertiary alicyclic amines) is 1. The van der Waals surface area contributed by atoms with Gasteiger partial charge in [-0.2, -0.15) is 4.98 Å². The van der Waals surface area contributed by atoms with Crippen LogP contribution in [0.15, 0.2) is 30.3 Å². The Hall–Kier alpha value is -2.41. The lowest BCUT2D eigenvalue weighted by atomic mass is 9.67. The topological polar surface area (TPSA) is 80.5 Å². The van der Waals surface area contributed by atoms with Gasteiger partial charge >= 0.3 is 6.01 Å². The molecule has 1 aliphatic heterocycles. The average Bonchev–Trinajstić information content (AvgIpc) is 3.26. The van der Waals surface area contributed by atoms with Crippen LogP contribution in [0.2, 0.25) is 0 Å². The summed E-state index contributed by atoms with van der Waals surface area (Å²) in [5.41, 5.74) is 0.0654. The minimum Gasteiger partial charge on any atom is -0.467 e. The maximum atomic E-state index is 12.9. The first-order valence-electron chi connectivity index (χ1n) is 9.05. The van der Waals surface area contributed by atoms with Gasteiger partial charge in [-0.15, -0.1) is 5.10 Å². The number of fused-ring (bicyclic) bond motifs is 1. The van der Waals surface area contributed by atoms with Crippen molar-refractivity contribution in [1.82, 2.24) is 19.7 Å². The molecule has 138 valence electrons. The van der Waals surface area contributed by atoms with E-state index in [1.807, 2.05) is 30.3 Å². The highest BCUT2D eigenvalue weighted by molar-refractivity contribution is 5.90. The fourth-order valence-corrected chi connectivity index (χ4v) is 4.55. The van der Waals surface area contributed by atoms with E-state index in [0.29, 0.717) is 25.0 Å². The van der Waals surface area contributed by atoms with E-state index in [4.69, 9.17) is 4.74 Å². The van der Waals surface area contributed by atoms with Gasteiger partial charge in [-0.1, -0.05) is 30.3 Å². The molecule has 4 rings (SSSR count). The van der Waals surface area contributed by atoms with Gasteiger partial charge in [0.25, 0.3) is 5.91 Å². The summed E-state index contributed by atoms with van der Waals surface area (Å²) in [4.78, 5) is 18.8. The Labute approximate surface area is 152 Å². The number of hydrogen-bond donors (Lipinski definition) is 1. The van der Waals surface area contributed by atoms with Crippen LogP contribution in [-0.2, 0) is 12.6 Å². The lowest BCUT2D eigenvalue weighted by molar-refractivity contribution is -0.0644. The van der Waals surface area contributed by atoms with Crippen LogP contribution in [0.5, 0.6) is 6.01 Å². The molecule has 7 heteroatoms. The largest absolute Gasteiger partial charge is 0.467 e. The second-order valence-electron chi connectivity index (χ2n) is 7.30. The molecule has 1 N–H and O–H groups in total. The van der Waals surface area contributed by atoms with Crippen molar-refractivity contribution in [3.63, 3.8) is 0 Å². The van der Waals surface area contributed by atoms with Crippen molar-refractivity contribution >= 4 is 5.91 Å². The summed E-state index contributed by atoms with van der Waals surface area (Å²) in [6.45, 7) is 1.16. The summed E-state index contributed by atoms with van der Waals surface area (Å²) in [6, 6.07) is 10.1. The molecule has 1 saturated heterocycles. The van der Waals surface area contributed by atoms with Crippen molar-refractivity contribution in [2.45, 2.75) is 24.9 Å². The van der Waals surface area contributed by atoms with Crippen LogP contribution < -0.4 is 4.74 Å². The predicted octanol–water partition coefficient (Wildman–Crippen LogP) is 1.58. The van der Waals surface area contributed by atoms with Crippen molar-refractivity contribution in [1.29, 1.82) is 0 Å². The number of hydrogen-bond acceptors (Lipinski definition) is 5. The summed E-state index contributed by atoms with van der Waals surface area (Å²) >= 11 is 0. The third kappa shape index (κ3) is 2.67. The van der Waals surface area contributed by atoms with Crippen LogP contribution in [0.25, 0.3) is 0 Å². The summed E-state index contributed by atoms with van der Waals surface area (Å²) in [5, 5.41) is 15.6. The molecule has 1 aliphatic carbocycles. The van der Waals surface area contributed by atoms with Crippen LogP contribution in [-0.4, -0.2) is 50.9 Å². The molecule has 1 amide bonds. The van der Waals surface area contributed by atoms with Crippen LogP contribution in [0.1, 0.15) is 35.4 Å². The minimum absolute atomic E-state index is 0.0354. The lowest BCUT2D eigenvalue weighted by Crippen LogP contribution is -2.43. The zero-order valence-electron chi connectivity index (χ0n) is 15.1. The molecule has 2 fully saturated rings. The van der Waals surface area contributed by atoms with Crippen LogP contribution in [0.3, 0.4) is 0 Å². The SMILES string of the molecule is COc1nc(C(=O)N2C[C@@H]3CCC[C@@](O)(c4ccccc4)[C@@H]3C2)nn1C. The molecule has 0 bridgehead atoms. The van der Waals surface area contributed by atoms with Crippen molar-refractivity contribution in [2.24, 2.45) is 18.9 Å². The molecular weight excluding hydrogens is 332 g/mol. The van der Waals surface area contributed by atoms with Crippen LogP contribution >= 0.6 is 0 Å². The zero-order chi connectivity index (χ0) is 18.3. The number of methoxy groups -OCH3 is 1. The summed E-state index contributed by atoms with van der Waals surface area (Å²) < 4.78 is 6.56. The lowest BCUT2D eigenvalue weighted by Gasteiger charge is -2.41. The molecular formula is C19H24N4O3. The number of benzene rings is 1. The molecule has 3 atom stereocenters. The average molecular weight is 356 g/mol. The van der Waals surface area contributed by atoms with E-state index in [-0.39, 0.29) is 17.6 Å². The van der Waals surface area contributed by atoms with Gasteiger partial charge in [0.05, 0.1) is 12.7 Å². The third-order valence-electron chi connectivity index (χ3n) is 5.85. The number of carbonyl (C=O) groups is 1. The first-order chi connectivity index (χ1) is 12.5. The van der Waals surface area contributed by atoms with Gasteiger partial charge in [-0.25, -0.2) is 4.68 Å². The Kier molecular flexibility index (Phi) is 4.19. The molecule has 26 heavy (non-hydrogen) atoms. The standard InChI is InChI=1S/C19H24N4O3/c1-22-18(26-2)20-16(21-22)17(24)23-11-13-7-6-10-19(25,15(13)12-23)14-8-4-3-5-9-14/h3-5,8-9,13,15,25H,6-7,10-12H2,1-2H3/t13-,15+,19+/m0/s1. The molecule has 2 heterocycles. The second-order valence-corrected chi connectivity index (χ2v) is 7.30. The van der Waals surface area contributed by atoms with Gasteiger partial charge < -0.3 is 14.7 Å². The highest BCUT2D eigenvalue weighted by Gasteiger charge is 2.50. The van der Waals surface area contributed by atoms with Crippen molar-refractivity contribution in [3.8, 4) is 6.01 Å². The molecule has 2 aliphatic rings. The van der Waals surface area contributed by atoms with Crippen molar-refractivity contribution in [2.75, 3.05) is 20.2 Å². The third-order valence-corrected chi connectivity index (χ3v) is 5.85. The molecule has 0 unspecified atom stereocenters. The van der Waals surface area contributed by atoms with E-state index >= 15 is 0 Å². The highest BCUT2D eigenvalue weighted by atomic mass is 16.5. The van der Waals surface area contributed by atoms with Gasteiger partial charge in [0.15, 0.2) is 0 Å². The quantitative estimate of drug-likeness (QED) is 0.903. The summed E-state index contributed by atoms with van der Waals surface area (Å²) in [5.74, 6) is 0.275. The number of rotatable bonds is 3. The fraction of sp³-hybridized carbons (Fsp3) is 0.526. The van der Waals surface area contributed by atoms with Gasteiger partial charge in [-0.3, -0.25) is 4.79 Å². The smallest absolute Gasteiger partial charge is 0.314 e. The van der Waals surface area contributed by atoms with Gasteiger partial charge in [0.1, 0.15) is 0 Å². The number of nitrogens with zero attached hydrogens (tertiary/aromatic N) is 4. The minimum atomic E-state index is -0.881. The number of aromatic nitrogens is 3. The zero-order valence-corrected chi connectivity index (χ0v) is 15.1. The molecule has 7 nitrogen and oxygen atoms in total. The number of amides is 1. The van der Waals surface area contributed by atoms with Crippen molar-refractivity contribution in [3.05, 3.63) is 41.7 Å². The van der Waals surface area contributed by atoms with E-state index < -0.39 is 5.60 Å². The van der Waals surface area contributed by atoms with Gasteiger partial charge in [-0.05, 0) is 30.7 Å². The second kappa shape index (κ2) is 6.39. The Morgan fingerprint density at radius 3 is 2.77 bits per heavy atom. The maximum Gasteiger partial charge on any atom is 0.314 e.